The average molecular weight is 467 g/mol. The minimum atomic E-state index is -4.59. The van der Waals surface area contributed by atoms with Crippen molar-refractivity contribution >= 4 is 17.8 Å². The van der Waals surface area contributed by atoms with E-state index >= 15 is 0 Å². The second kappa shape index (κ2) is 10.4. The maximum Gasteiger partial charge on any atom is 0.433 e. The van der Waals surface area contributed by atoms with Gasteiger partial charge in [0.15, 0.2) is 5.84 Å². The molecular weight excluding hydrogens is 443 g/mol. The number of aromatic nitrogens is 2. The molecule has 1 aromatic carbocycles. The van der Waals surface area contributed by atoms with Crippen LogP contribution in [0, 0.1) is 11.8 Å². The van der Waals surface area contributed by atoms with Crippen LogP contribution in [0.1, 0.15) is 18.2 Å². The molecule has 0 bridgehead atoms. The maximum atomic E-state index is 13.1. The predicted molar refractivity (Wildman–Crippen MR) is 112 cm³/mol. The van der Waals surface area contributed by atoms with Crippen molar-refractivity contribution in [3.05, 3.63) is 47.8 Å². The molecule has 0 spiro atoms. The van der Waals surface area contributed by atoms with E-state index in [1.807, 2.05) is 12.1 Å². The molecule has 33 heavy (non-hydrogen) atoms. The summed E-state index contributed by atoms with van der Waals surface area (Å²) in [6.07, 6.45) is -3.04. The number of benzene rings is 1. The van der Waals surface area contributed by atoms with Gasteiger partial charge in [-0.05, 0) is 43.0 Å². The van der Waals surface area contributed by atoms with Gasteiger partial charge in [-0.25, -0.2) is 9.97 Å². The molecule has 0 aliphatic carbocycles. The van der Waals surface area contributed by atoms with Gasteiger partial charge in [-0.3, -0.25) is 4.79 Å². The van der Waals surface area contributed by atoms with Crippen LogP contribution in [-0.2, 0) is 22.1 Å². The standard InChI is InChI=1S/C21H24F3N5O4/c1-2-32-19(30)16-11-29(20-26-8-7-17(27-20)21(22,23)24)10-14(16)9-13-3-5-15(6-4-13)33-12-18(25)28-31/h3-8,14,16,31H,2,9-12H2,1H3,(H2,25,28)/t14-,16+/m1/s1. The molecule has 0 radical (unpaired) electrons. The number of nitrogens with two attached hydrogens (primary N) is 1. The van der Waals surface area contributed by atoms with Crippen LogP contribution in [0.25, 0.3) is 0 Å². The van der Waals surface area contributed by atoms with Crippen molar-refractivity contribution in [3.8, 4) is 5.75 Å². The number of ether oxygens (including phenoxy) is 2. The summed E-state index contributed by atoms with van der Waals surface area (Å²) in [5, 5.41) is 11.4. The highest BCUT2D eigenvalue weighted by Gasteiger charge is 2.40. The van der Waals surface area contributed by atoms with Gasteiger partial charge in [0.1, 0.15) is 18.1 Å². The molecular formula is C21H24F3N5O4. The number of rotatable bonds is 8. The molecule has 0 amide bonds. The van der Waals surface area contributed by atoms with Crippen molar-refractivity contribution in [1.82, 2.24) is 9.97 Å². The number of hydrogen-bond donors (Lipinski definition) is 2. The van der Waals surface area contributed by atoms with Gasteiger partial charge in [-0.1, -0.05) is 17.3 Å². The highest BCUT2D eigenvalue weighted by atomic mass is 19.4. The van der Waals surface area contributed by atoms with Gasteiger partial charge in [-0.2, -0.15) is 13.2 Å². The van der Waals surface area contributed by atoms with Crippen molar-refractivity contribution in [2.45, 2.75) is 19.5 Å². The van der Waals surface area contributed by atoms with Crippen LogP contribution in [0.4, 0.5) is 19.1 Å². The molecule has 0 unspecified atom stereocenters. The van der Waals surface area contributed by atoms with Crippen LogP contribution < -0.4 is 15.4 Å². The molecule has 178 valence electrons. The number of oxime groups is 1. The Bertz CT molecular complexity index is 985. The van der Waals surface area contributed by atoms with E-state index in [-0.39, 0.29) is 37.5 Å². The normalized spacial score (nSPS) is 18.9. The van der Waals surface area contributed by atoms with Gasteiger partial charge < -0.3 is 25.3 Å². The first-order valence-electron chi connectivity index (χ1n) is 10.2. The number of amidine groups is 1. The molecule has 1 aliphatic heterocycles. The van der Waals surface area contributed by atoms with Crippen LogP contribution in [0.2, 0.25) is 0 Å². The smallest absolute Gasteiger partial charge is 0.433 e. The van der Waals surface area contributed by atoms with E-state index in [1.165, 1.54) is 0 Å². The first-order valence-corrected chi connectivity index (χ1v) is 10.2. The summed E-state index contributed by atoms with van der Waals surface area (Å²) >= 11 is 0. The zero-order chi connectivity index (χ0) is 24.0. The minimum Gasteiger partial charge on any atom is -0.486 e. The first kappa shape index (κ1) is 24.1. The van der Waals surface area contributed by atoms with Crippen LogP contribution in [0.5, 0.6) is 5.75 Å². The Morgan fingerprint density at radius 2 is 2.00 bits per heavy atom. The Morgan fingerprint density at radius 1 is 1.27 bits per heavy atom. The summed E-state index contributed by atoms with van der Waals surface area (Å²) in [5.74, 6) is -0.799. The Kier molecular flexibility index (Phi) is 7.56. The molecule has 3 N–H and O–H groups in total. The Labute approximate surface area is 188 Å². The number of carbonyl (C=O) groups is 1. The van der Waals surface area contributed by atoms with Crippen LogP contribution in [0.3, 0.4) is 0 Å². The third kappa shape index (κ3) is 6.24. The van der Waals surface area contributed by atoms with Crippen molar-refractivity contribution in [1.29, 1.82) is 0 Å². The molecule has 1 fully saturated rings. The lowest BCUT2D eigenvalue weighted by Gasteiger charge is -2.17. The quantitative estimate of drug-likeness (QED) is 0.200. The monoisotopic (exact) mass is 467 g/mol. The highest BCUT2D eigenvalue weighted by Crippen LogP contribution is 2.33. The summed E-state index contributed by atoms with van der Waals surface area (Å²) in [6.45, 7) is 2.28. The second-order valence-corrected chi connectivity index (χ2v) is 7.49. The SMILES string of the molecule is CCOC(=O)[C@H]1CN(c2nccc(C(F)(F)F)n2)C[C@H]1Cc1ccc(OC/C(N)=N/O)cc1. The topological polar surface area (TPSA) is 123 Å². The number of alkyl halides is 3. The summed E-state index contributed by atoms with van der Waals surface area (Å²) in [4.78, 5) is 21.7. The van der Waals surface area contributed by atoms with E-state index in [0.717, 1.165) is 17.8 Å². The van der Waals surface area contributed by atoms with Crippen molar-refractivity contribution in [2.75, 3.05) is 31.2 Å². The Morgan fingerprint density at radius 3 is 2.64 bits per heavy atom. The zero-order valence-corrected chi connectivity index (χ0v) is 17.8. The first-order chi connectivity index (χ1) is 15.7. The summed E-state index contributed by atoms with van der Waals surface area (Å²) in [7, 11) is 0. The Hall–Kier alpha value is -3.57. The maximum absolute atomic E-state index is 13.1. The van der Waals surface area contributed by atoms with Gasteiger partial charge in [-0.15, -0.1) is 0 Å². The van der Waals surface area contributed by atoms with Crippen LogP contribution in [-0.4, -0.2) is 53.3 Å². The third-order valence-corrected chi connectivity index (χ3v) is 5.18. The molecule has 9 nitrogen and oxygen atoms in total. The molecule has 3 rings (SSSR count). The number of anilines is 1. The fourth-order valence-corrected chi connectivity index (χ4v) is 3.63. The molecule has 1 aliphatic rings. The number of carbonyl (C=O) groups excluding carboxylic acids is 1. The summed E-state index contributed by atoms with van der Waals surface area (Å²) < 4.78 is 49.7. The van der Waals surface area contributed by atoms with E-state index in [1.54, 1.807) is 24.0 Å². The number of nitrogens with zero attached hydrogens (tertiary/aromatic N) is 4. The zero-order valence-electron chi connectivity index (χ0n) is 17.8. The summed E-state index contributed by atoms with van der Waals surface area (Å²) in [5.41, 5.74) is 5.24. The van der Waals surface area contributed by atoms with Gasteiger partial charge in [0.25, 0.3) is 0 Å². The molecule has 2 atom stereocenters. The molecule has 12 heteroatoms. The van der Waals surface area contributed by atoms with Crippen molar-refractivity contribution in [2.24, 2.45) is 22.7 Å². The van der Waals surface area contributed by atoms with E-state index in [4.69, 9.17) is 20.4 Å². The van der Waals surface area contributed by atoms with E-state index in [2.05, 4.69) is 15.1 Å². The molecule has 1 saturated heterocycles. The van der Waals surface area contributed by atoms with Gasteiger partial charge in [0.05, 0.1) is 12.5 Å². The lowest BCUT2D eigenvalue weighted by Crippen LogP contribution is -2.27. The van der Waals surface area contributed by atoms with Crippen LogP contribution in [0.15, 0.2) is 41.7 Å². The van der Waals surface area contributed by atoms with E-state index in [9.17, 15) is 18.0 Å². The van der Waals surface area contributed by atoms with Gasteiger partial charge >= 0.3 is 12.1 Å². The minimum absolute atomic E-state index is 0.0702. The second-order valence-electron chi connectivity index (χ2n) is 7.49. The fraction of sp³-hybridized carbons (Fsp3) is 0.429. The number of halogens is 3. The third-order valence-electron chi connectivity index (χ3n) is 5.18. The summed E-state index contributed by atoms with van der Waals surface area (Å²) in [6, 6.07) is 7.86. The lowest BCUT2D eigenvalue weighted by atomic mass is 9.90. The predicted octanol–water partition coefficient (Wildman–Crippen LogP) is 2.48. The van der Waals surface area contributed by atoms with Crippen molar-refractivity contribution < 1.29 is 32.6 Å². The fourth-order valence-electron chi connectivity index (χ4n) is 3.63. The van der Waals surface area contributed by atoms with Crippen molar-refractivity contribution in [3.63, 3.8) is 0 Å². The number of esters is 1. The van der Waals surface area contributed by atoms with Gasteiger partial charge in [0.2, 0.25) is 5.95 Å². The molecule has 1 aromatic heterocycles. The Balaban J connectivity index is 1.75. The highest BCUT2D eigenvalue weighted by molar-refractivity contribution is 5.81. The molecule has 0 saturated carbocycles. The molecule has 2 heterocycles. The average Bonchev–Trinajstić information content (AvgIpc) is 3.22. The number of hydrogen-bond acceptors (Lipinski definition) is 8. The lowest BCUT2D eigenvalue weighted by molar-refractivity contribution is -0.148. The van der Waals surface area contributed by atoms with E-state index in [0.29, 0.717) is 18.7 Å². The molecule has 2 aromatic rings. The van der Waals surface area contributed by atoms with E-state index < -0.39 is 23.8 Å². The van der Waals surface area contributed by atoms with Gasteiger partial charge in [0, 0.05) is 19.3 Å². The van der Waals surface area contributed by atoms with Crippen LogP contribution >= 0.6 is 0 Å². The largest absolute Gasteiger partial charge is 0.486 e.